The third kappa shape index (κ3) is 6.63. The number of alkyl halides is 3. The average molecular weight is 433 g/mol. The number of rotatable bonds is 11. The Morgan fingerprint density at radius 1 is 1.14 bits per heavy atom. The van der Waals surface area contributed by atoms with E-state index in [1.54, 1.807) is 6.92 Å². The highest BCUT2D eigenvalue weighted by Crippen LogP contribution is 2.39. The molecule has 1 aromatic heterocycles. The number of nitrogens with two attached hydrogens (primary N) is 1. The number of aromatic nitrogens is 2. The van der Waals surface area contributed by atoms with Crippen molar-refractivity contribution >= 4 is 11.3 Å². The number of ether oxygens (including phenoxy) is 2. The smallest absolute Gasteiger partial charge is 0.419 e. The van der Waals surface area contributed by atoms with E-state index in [-0.39, 0.29) is 36.1 Å². The third-order valence-electron chi connectivity index (χ3n) is 4.15. The van der Waals surface area contributed by atoms with Gasteiger partial charge in [0.05, 0.1) is 24.3 Å². The van der Waals surface area contributed by atoms with Gasteiger partial charge in [-0.15, -0.1) is 10.2 Å². The SMILES string of the molecule is CCCCCOCCOc1ccc(-c2nnc(C(C)(N)CO)s2)cc1C(F)(F)F. The fraction of sp³-hybridized carbons (Fsp3) is 0.579. The van der Waals surface area contributed by atoms with Crippen molar-refractivity contribution in [2.24, 2.45) is 5.73 Å². The van der Waals surface area contributed by atoms with Crippen LogP contribution in [0, 0.1) is 0 Å². The van der Waals surface area contributed by atoms with E-state index >= 15 is 0 Å². The monoisotopic (exact) mass is 433 g/mol. The molecule has 29 heavy (non-hydrogen) atoms. The Labute approximate surface area is 171 Å². The topological polar surface area (TPSA) is 90.5 Å². The second-order valence-electron chi connectivity index (χ2n) is 6.86. The number of hydrogen-bond acceptors (Lipinski definition) is 7. The van der Waals surface area contributed by atoms with Gasteiger partial charge in [0.2, 0.25) is 0 Å². The molecule has 0 bridgehead atoms. The Hall–Kier alpha value is -1.75. The Bertz CT molecular complexity index is 782. The molecule has 10 heteroatoms. The van der Waals surface area contributed by atoms with Gasteiger partial charge in [0.15, 0.2) is 0 Å². The third-order valence-corrected chi connectivity index (χ3v) is 5.40. The van der Waals surface area contributed by atoms with Gasteiger partial charge >= 0.3 is 6.18 Å². The van der Waals surface area contributed by atoms with E-state index in [0.29, 0.717) is 11.6 Å². The number of aliphatic hydroxyl groups excluding tert-OH is 1. The summed E-state index contributed by atoms with van der Waals surface area (Å²) in [5.41, 5.74) is 4.15. The number of nitrogens with zero attached hydrogens (tertiary/aromatic N) is 2. The van der Waals surface area contributed by atoms with Gasteiger partial charge in [0.25, 0.3) is 0 Å². The largest absolute Gasteiger partial charge is 0.491 e. The summed E-state index contributed by atoms with van der Waals surface area (Å²) in [6.45, 7) is 4.10. The predicted octanol–water partition coefficient (Wildman–Crippen LogP) is 3.98. The molecule has 1 heterocycles. The molecule has 0 aliphatic heterocycles. The van der Waals surface area contributed by atoms with Crippen LogP contribution in [0.2, 0.25) is 0 Å². The number of benzene rings is 1. The van der Waals surface area contributed by atoms with Crippen molar-refractivity contribution in [2.75, 3.05) is 26.4 Å². The molecule has 0 spiro atoms. The zero-order chi connectivity index (χ0) is 21.5. The lowest BCUT2D eigenvalue weighted by molar-refractivity contribution is -0.139. The van der Waals surface area contributed by atoms with E-state index < -0.39 is 17.3 Å². The van der Waals surface area contributed by atoms with Crippen molar-refractivity contribution in [1.82, 2.24) is 10.2 Å². The molecule has 0 aliphatic carbocycles. The average Bonchev–Trinajstić information content (AvgIpc) is 3.18. The number of halogens is 3. The summed E-state index contributed by atoms with van der Waals surface area (Å²) in [5, 5.41) is 17.7. The zero-order valence-corrected chi connectivity index (χ0v) is 17.3. The van der Waals surface area contributed by atoms with Crippen LogP contribution >= 0.6 is 11.3 Å². The summed E-state index contributed by atoms with van der Waals surface area (Å²) in [6, 6.07) is 3.74. The number of hydrogen-bond donors (Lipinski definition) is 2. The molecule has 2 rings (SSSR count). The van der Waals surface area contributed by atoms with Crippen molar-refractivity contribution in [3.05, 3.63) is 28.8 Å². The van der Waals surface area contributed by atoms with E-state index in [9.17, 15) is 18.3 Å². The van der Waals surface area contributed by atoms with Crippen molar-refractivity contribution < 1.29 is 27.8 Å². The Morgan fingerprint density at radius 3 is 2.55 bits per heavy atom. The highest BCUT2D eigenvalue weighted by Gasteiger charge is 2.35. The molecule has 0 saturated carbocycles. The van der Waals surface area contributed by atoms with Gasteiger partial charge in [-0.25, -0.2) is 0 Å². The normalized spacial score (nSPS) is 14.0. The quantitative estimate of drug-likeness (QED) is 0.521. The molecule has 0 radical (unpaired) electrons. The minimum Gasteiger partial charge on any atom is -0.491 e. The minimum absolute atomic E-state index is 0.0273. The molecule has 162 valence electrons. The van der Waals surface area contributed by atoms with Crippen molar-refractivity contribution in [2.45, 2.75) is 44.8 Å². The van der Waals surface area contributed by atoms with Crippen LogP contribution in [0.25, 0.3) is 10.6 Å². The first-order valence-electron chi connectivity index (χ1n) is 9.35. The van der Waals surface area contributed by atoms with E-state index in [1.807, 2.05) is 0 Å². The maximum atomic E-state index is 13.5. The van der Waals surface area contributed by atoms with Gasteiger partial charge in [0, 0.05) is 12.2 Å². The molecule has 0 fully saturated rings. The second-order valence-corrected chi connectivity index (χ2v) is 7.84. The van der Waals surface area contributed by atoms with Crippen LogP contribution in [0.4, 0.5) is 13.2 Å². The van der Waals surface area contributed by atoms with E-state index in [2.05, 4.69) is 17.1 Å². The summed E-state index contributed by atoms with van der Waals surface area (Å²) in [5.74, 6) is -0.262. The molecule has 1 aromatic carbocycles. The molecular formula is C19H26F3N3O3S. The van der Waals surface area contributed by atoms with Crippen LogP contribution < -0.4 is 10.5 Å². The molecule has 0 saturated heterocycles. The summed E-state index contributed by atoms with van der Waals surface area (Å²) in [4.78, 5) is 0. The lowest BCUT2D eigenvalue weighted by Crippen LogP contribution is -2.36. The summed E-state index contributed by atoms with van der Waals surface area (Å²) < 4.78 is 51.2. The molecule has 1 atom stereocenters. The van der Waals surface area contributed by atoms with Crippen LogP contribution in [0.1, 0.15) is 43.7 Å². The maximum absolute atomic E-state index is 13.5. The van der Waals surface area contributed by atoms with E-state index in [1.165, 1.54) is 12.1 Å². The first-order valence-corrected chi connectivity index (χ1v) is 10.2. The van der Waals surface area contributed by atoms with Gasteiger partial charge in [-0.3, -0.25) is 0 Å². The lowest BCUT2D eigenvalue weighted by atomic mass is 10.1. The molecule has 3 N–H and O–H groups in total. The van der Waals surface area contributed by atoms with Gasteiger partial charge in [-0.2, -0.15) is 13.2 Å². The molecule has 0 amide bonds. The fourth-order valence-corrected chi connectivity index (χ4v) is 3.30. The predicted molar refractivity (Wildman–Crippen MR) is 105 cm³/mol. The first-order chi connectivity index (χ1) is 13.7. The van der Waals surface area contributed by atoms with E-state index in [0.717, 1.165) is 36.7 Å². The van der Waals surface area contributed by atoms with Crippen LogP contribution in [0.15, 0.2) is 18.2 Å². The van der Waals surface area contributed by atoms with Crippen LogP contribution in [-0.4, -0.2) is 41.7 Å². The highest BCUT2D eigenvalue weighted by atomic mass is 32.1. The lowest BCUT2D eigenvalue weighted by Gasteiger charge is -2.17. The maximum Gasteiger partial charge on any atom is 0.419 e. The summed E-state index contributed by atoms with van der Waals surface area (Å²) in [7, 11) is 0. The van der Waals surface area contributed by atoms with Crippen LogP contribution in [-0.2, 0) is 16.5 Å². The summed E-state index contributed by atoms with van der Waals surface area (Å²) in [6.07, 6.45) is -1.55. The second kappa shape index (κ2) is 10.3. The highest BCUT2D eigenvalue weighted by molar-refractivity contribution is 7.14. The Morgan fingerprint density at radius 2 is 1.90 bits per heavy atom. The van der Waals surface area contributed by atoms with E-state index in [4.69, 9.17) is 15.2 Å². The van der Waals surface area contributed by atoms with Crippen LogP contribution in [0.3, 0.4) is 0 Å². The Kier molecular flexibility index (Phi) is 8.38. The van der Waals surface area contributed by atoms with Gasteiger partial charge in [-0.05, 0) is 31.5 Å². The summed E-state index contributed by atoms with van der Waals surface area (Å²) >= 11 is 1.04. The van der Waals surface area contributed by atoms with Gasteiger partial charge in [0.1, 0.15) is 22.4 Å². The first kappa shape index (κ1) is 23.5. The van der Waals surface area contributed by atoms with Crippen molar-refractivity contribution in [3.63, 3.8) is 0 Å². The van der Waals surface area contributed by atoms with Crippen molar-refractivity contribution in [3.8, 4) is 16.3 Å². The standard InChI is InChI=1S/C19H26F3N3O3S/c1-3-4-5-8-27-9-10-28-15-7-6-13(11-14(15)19(20,21)22)16-24-25-17(29-16)18(2,23)12-26/h6-7,11,26H,3-5,8-10,12,23H2,1-2H3. The van der Waals surface area contributed by atoms with Gasteiger partial charge in [-0.1, -0.05) is 31.1 Å². The zero-order valence-electron chi connectivity index (χ0n) is 16.5. The minimum atomic E-state index is -4.59. The molecular weight excluding hydrogens is 407 g/mol. The number of unbranched alkanes of at least 4 members (excludes halogenated alkanes) is 2. The molecule has 1 unspecified atom stereocenters. The molecule has 2 aromatic rings. The molecule has 0 aliphatic rings. The van der Waals surface area contributed by atoms with Gasteiger partial charge < -0.3 is 20.3 Å². The molecule has 6 nitrogen and oxygen atoms in total. The van der Waals surface area contributed by atoms with Crippen molar-refractivity contribution in [1.29, 1.82) is 0 Å². The fourth-order valence-electron chi connectivity index (χ4n) is 2.42. The number of aliphatic hydroxyl groups is 1. The Balaban J connectivity index is 2.12. The van der Waals surface area contributed by atoms with Crippen LogP contribution in [0.5, 0.6) is 5.75 Å².